The second-order valence-electron chi connectivity index (χ2n) is 5.93. The molecule has 1 N–H and O–H groups in total. The summed E-state index contributed by atoms with van der Waals surface area (Å²) < 4.78 is 14.2. The third-order valence-corrected chi connectivity index (χ3v) is 3.54. The molecule has 0 unspecified atom stereocenters. The monoisotopic (exact) mass is 327 g/mol. The van der Waals surface area contributed by atoms with Crippen LogP contribution in [0, 0.1) is 5.82 Å². The first-order chi connectivity index (χ1) is 8.78. The Kier molecular flexibility index (Phi) is 6.21. The molecule has 1 aromatic carbocycles. The molecule has 0 bridgehead atoms. The smallest absolute Gasteiger partial charge is 0.123 e. The summed E-state index contributed by atoms with van der Waals surface area (Å²) in [6, 6.07) is 4.83. The molecule has 0 aliphatic carbocycles. The molecule has 0 heterocycles. The summed E-state index contributed by atoms with van der Waals surface area (Å²) in [4.78, 5) is 0. The van der Waals surface area contributed by atoms with E-state index < -0.39 is 0 Å². The van der Waals surface area contributed by atoms with Gasteiger partial charge in [0.1, 0.15) is 5.82 Å². The predicted octanol–water partition coefficient (Wildman–Crippen LogP) is 4.86. The molecule has 0 saturated carbocycles. The van der Waals surface area contributed by atoms with E-state index in [9.17, 15) is 4.39 Å². The van der Waals surface area contributed by atoms with Crippen molar-refractivity contribution in [3.8, 4) is 0 Å². The first-order valence-electron chi connectivity index (χ1n) is 6.62. The van der Waals surface area contributed by atoms with Gasteiger partial charge in [0.2, 0.25) is 0 Å². The van der Waals surface area contributed by atoms with Gasteiger partial charge >= 0.3 is 0 Å². The van der Waals surface area contributed by atoms with Crippen LogP contribution in [0.15, 0.2) is 34.3 Å². The zero-order chi connectivity index (χ0) is 14.5. The Hall–Kier alpha value is -0.670. The summed E-state index contributed by atoms with van der Waals surface area (Å²) >= 11 is 3.46. The Labute approximate surface area is 124 Å². The van der Waals surface area contributed by atoms with E-state index in [4.69, 9.17) is 0 Å². The summed E-state index contributed by atoms with van der Waals surface area (Å²) in [5.74, 6) is -0.180. The highest BCUT2D eigenvalue weighted by molar-refractivity contribution is 9.10. The van der Waals surface area contributed by atoms with Crippen LogP contribution in [-0.4, -0.2) is 12.1 Å². The lowest BCUT2D eigenvalue weighted by molar-refractivity contribution is 0.431. The van der Waals surface area contributed by atoms with E-state index in [1.807, 2.05) is 0 Å². The van der Waals surface area contributed by atoms with Crippen LogP contribution in [0.5, 0.6) is 0 Å². The van der Waals surface area contributed by atoms with Gasteiger partial charge in [0.15, 0.2) is 0 Å². The lowest BCUT2D eigenvalue weighted by Gasteiger charge is -2.19. The largest absolute Gasteiger partial charge is 0.312 e. The van der Waals surface area contributed by atoms with Crippen LogP contribution in [0.2, 0.25) is 0 Å². The highest BCUT2D eigenvalue weighted by Gasteiger charge is 2.07. The van der Waals surface area contributed by atoms with Gasteiger partial charge in [0.25, 0.3) is 0 Å². The molecule has 0 fully saturated rings. The molecule has 0 aromatic heterocycles. The molecule has 19 heavy (non-hydrogen) atoms. The number of benzene rings is 1. The third kappa shape index (κ3) is 6.88. The van der Waals surface area contributed by atoms with Crippen molar-refractivity contribution in [2.45, 2.75) is 46.1 Å². The van der Waals surface area contributed by atoms with Gasteiger partial charge in [-0.3, -0.25) is 0 Å². The lowest BCUT2D eigenvalue weighted by atomic mass is 10.0. The number of rotatable bonds is 5. The molecule has 0 aliphatic rings. The Morgan fingerprint density at radius 2 is 2.05 bits per heavy atom. The minimum absolute atomic E-state index is 0.160. The van der Waals surface area contributed by atoms with Gasteiger partial charge in [0.05, 0.1) is 0 Å². The SMILES string of the molecule is CC(=CCCNC(C)(C)C)Cc1cc(F)ccc1Br. The first-order valence-corrected chi connectivity index (χ1v) is 7.42. The topological polar surface area (TPSA) is 12.0 Å². The summed E-state index contributed by atoms with van der Waals surface area (Å²) in [6.45, 7) is 9.54. The third-order valence-electron chi connectivity index (χ3n) is 2.77. The van der Waals surface area contributed by atoms with Crippen molar-refractivity contribution >= 4 is 15.9 Å². The van der Waals surface area contributed by atoms with Gasteiger partial charge < -0.3 is 5.32 Å². The van der Waals surface area contributed by atoms with E-state index in [1.165, 1.54) is 11.6 Å². The van der Waals surface area contributed by atoms with E-state index in [1.54, 1.807) is 12.1 Å². The number of hydrogen-bond acceptors (Lipinski definition) is 1. The maximum Gasteiger partial charge on any atom is 0.123 e. The fourth-order valence-electron chi connectivity index (χ4n) is 1.82. The van der Waals surface area contributed by atoms with Gasteiger partial charge in [-0.2, -0.15) is 0 Å². The van der Waals surface area contributed by atoms with Crippen molar-refractivity contribution < 1.29 is 4.39 Å². The standard InChI is InChI=1S/C16H23BrFN/c1-12(6-5-9-19-16(2,3)4)10-13-11-14(18)7-8-15(13)17/h6-8,11,19H,5,9-10H2,1-4H3. The average molecular weight is 328 g/mol. The van der Waals surface area contributed by atoms with Gasteiger partial charge in [-0.1, -0.05) is 27.6 Å². The zero-order valence-electron chi connectivity index (χ0n) is 12.2. The second-order valence-corrected chi connectivity index (χ2v) is 6.78. The molecule has 0 atom stereocenters. The molecule has 0 saturated heterocycles. The van der Waals surface area contributed by atoms with Crippen molar-refractivity contribution in [1.82, 2.24) is 5.32 Å². The first kappa shape index (κ1) is 16.4. The van der Waals surface area contributed by atoms with Crippen LogP contribution in [0.25, 0.3) is 0 Å². The summed E-state index contributed by atoms with van der Waals surface area (Å²) in [5.41, 5.74) is 2.42. The number of nitrogens with one attached hydrogen (secondary N) is 1. The second kappa shape index (κ2) is 7.20. The Morgan fingerprint density at radius 1 is 1.37 bits per heavy atom. The minimum atomic E-state index is -0.180. The number of hydrogen-bond donors (Lipinski definition) is 1. The molecule has 3 heteroatoms. The Morgan fingerprint density at radius 3 is 2.68 bits per heavy atom. The van der Waals surface area contributed by atoms with Crippen molar-refractivity contribution in [3.63, 3.8) is 0 Å². The van der Waals surface area contributed by atoms with E-state index in [0.717, 1.165) is 29.4 Å². The summed E-state index contributed by atoms with van der Waals surface area (Å²) in [5, 5.41) is 3.45. The van der Waals surface area contributed by atoms with Gasteiger partial charge in [-0.15, -0.1) is 0 Å². The fourth-order valence-corrected chi connectivity index (χ4v) is 2.20. The molecule has 1 aromatic rings. The van der Waals surface area contributed by atoms with E-state index in [0.29, 0.717) is 0 Å². The molecular formula is C16H23BrFN. The van der Waals surface area contributed by atoms with Crippen LogP contribution in [-0.2, 0) is 6.42 Å². The summed E-state index contributed by atoms with van der Waals surface area (Å²) in [6.07, 6.45) is 4.00. The van der Waals surface area contributed by atoms with Crippen molar-refractivity contribution in [1.29, 1.82) is 0 Å². The van der Waals surface area contributed by atoms with Crippen LogP contribution in [0.1, 0.15) is 39.7 Å². The Balaban J connectivity index is 2.50. The molecular weight excluding hydrogens is 305 g/mol. The average Bonchev–Trinajstić information content (AvgIpc) is 2.28. The highest BCUT2D eigenvalue weighted by Crippen LogP contribution is 2.20. The minimum Gasteiger partial charge on any atom is -0.312 e. The molecule has 0 radical (unpaired) electrons. The van der Waals surface area contributed by atoms with Crippen LogP contribution in [0.4, 0.5) is 4.39 Å². The van der Waals surface area contributed by atoms with Crippen LogP contribution in [0.3, 0.4) is 0 Å². The van der Waals surface area contributed by atoms with Crippen molar-refractivity contribution in [2.75, 3.05) is 6.54 Å². The highest BCUT2D eigenvalue weighted by atomic mass is 79.9. The predicted molar refractivity (Wildman–Crippen MR) is 83.9 cm³/mol. The number of halogens is 2. The molecule has 1 rings (SSSR count). The maximum absolute atomic E-state index is 13.2. The molecule has 0 aliphatic heterocycles. The Bertz CT molecular complexity index is 447. The van der Waals surface area contributed by atoms with Gasteiger partial charge in [-0.25, -0.2) is 4.39 Å². The summed E-state index contributed by atoms with van der Waals surface area (Å²) in [7, 11) is 0. The molecule has 1 nitrogen and oxygen atoms in total. The molecule has 106 valence electrons. The van der Waals surface area contributed by atoms with Crippen molar-refractivity contribution in [3.05, 3.63) is 45.7 Å². The normalized spacial score (nSPS) is 12.8. The lowest BCUT2D eigenvalue weighted by Crippen LogP contribution is -2.36. The van der Waals surface area contributed by atoms with Gasteiger partial charge in [0, 0.05) is 10.0 Å². The molecule has 0 spiro atoms. The maximum atomic E-state index is 13.2. The van der Waals surface area contributed by atoms with E-state index >= 15 is 0 Å². The van der Waals surface area contributed by atoms with Crippen LogP contribution >= 0.6 is 15.9 Å². The zero-order valence-corrected chi connectivity index (χ0v) is 13.8. The quantitative estimate of drug-likeness (QED) is 0.601. The van der Waals surface area contributed by atoms with E-state index in [2.05, 4.69) is 55.0 Å². The fraction of sp³-hybridized carbons (Fsp3) is 0.500. The van der Waals surface area contributed by atoms with E-state index in [-0.39, 0.29) is 11.4 Å². The molecule has 0 amide bonds. The van der Waals surface area contributed by atoms with Crippen LogP contribution < -0.4 is 5.32 Å². The number of allylic oxidation sites excluding steroid dienone is 1. The van der Waals surface area contributed by atoms with Crippen molar-refractivity contribution in [2.24, 2.45) is 0 Å². The van der Waals surface area contributed by atoms with Gasteiger partial charge in [-0.05, 0) is 70.8 Å².